The largest absolute Gasteiger partial charge is 0.316 e. The predicted molar refractivity (Wildman–Crippen MR) is 74.1 cm³/mol. The average Bonchev–Trinajstić information content (AvgIpc) is 2.65. The molecule has 0 amide bonds. The van der Waals surface area contributed by atoms with Gasteiger partial charge >= 0.3 is 0 Å². The first kappa shape index (κ1) is 13.4. The number of halogens is 1. The predicted octanol–water partition coefficient (Wildman–Crippen LogP) is 2.65. The van der Waals surface area contributed by atoms with Gasteiger partial charge in [0.2, 0.25) is 0 Å². The van der Waals surface area contributed by atoms with Crippen LogP contribution < -0.4 is 5.32 Å². The van der Waals surface area contributed by atoms with Gasteiger partial charge in [0.1, 0.15) is 5.82 Å². The molecule has 4 nitrogen and oxygen atoms in total. The second-order valence-corrected chi connectivity index (χ2v) is 5.40. The van der Waals surface area contributed by atoms with Gasteiger partial charge in [0.05, 0.1) is 5.02 Å². The summed E-state index contributed by atoms with van der Waals surface area (Å²) in [5.41, 5.74) is 1.17. The number of benzene rings is 1. The number of nitrogens with one attached hydrogen (secondary N) is 1. The molecule has 0 atom stereocenters. The molecule has 1 heterocycles. The summed E-state index contributed by atoms with van der Waals surface area (Å²) in [4.78, 5) is 0.993. The molecular weight excluding hydrogens is 268 g/mol. The second-order valence-electron chi connectivity index (χ2n) is 3.99. The summed E-state index contributed by atoms with van der Waals surface area (Å²) >= 11 is 7.79. The third kappa shape index (κ3) is 2.85. The Morgan fingerprint density at radius 1 is 1.39 bits per heavy atom. The van der Waals surface area contributed by atoms with E-state index in [-0.39, 0.29) is 0 Å². The SMILES string of the molecule is CNCc1ccc(Sc2nnc(C)n2C)c(Cl)c1. The van der Waals surface area contributed by atoms with Crippen LogP contribution in [-0.4, -0.2) is 21.8 Å². The zero-order chi connectivity index (χ0) is 13.1. The third-order valence-corrected chi connectivity index (χ3v) is 4.17. The highest BCUT2D eigenvalue weighted by Gasteiger charge is 2.09. The van der Waals surface area contributed by atoms with E-state index in [1.807, 2.05) is 37.7 Å². The van der Waals surface area contributed by atoms with Crippen molar-refractivity contribution < 1.29 is 0 Å². The molecule has 0 unspecified atom stereocenters. The van der Waals surface area contributed by atoms with E-state index in [0.29, 0.717) is 0 Å². The summed E-state index contributed by atoms with van der Waals surface area (Å²) in [6.07, 6.45) is 0. The molecule has 18 heavy (non-hydrogen) atoms. The molecule has 0 aliphatic heterocycles. The van der Waals surface area contributed by atoms with E-state index in [9.17, 15) is 0 Å². The topological polar surface area (TPSA) is 42.7 Å². The van der Waals surface area contributed by atoms with Crippen molar-refractivity contribution in [2.75, 3.05) is 7.05 Å². The van der Waals surface area contributed by atoms with Crippen LogP contribution in [0.2, 0.25) is 5.02 Å². The molecule has 0 bridgehead atoms. The van der Waals surface area contributed by atoms with Crippen LogP contribution in [0.3, 0.4) is 0 Å². The maximum Gasteiger partial charge on any atom is 0.195 e. The van der Waals surface area contributed by atoms with Gasteiger partial charge in [-0.15, -0.1) is 10.2 Å². The normalized spacial score (nSPS) is 10.9. The lowest BCUT2D eigenvalue weighted by Gasteiger charge is -2.06. The number of hydrogen-bond acceptors (Lipinski definition) is 4. The van der Waals surface area contributed by atoms with Crippen LogP contribution in [0.1, 0.15) is 11.4 Å². The third-order valence-electron chi connectivity index (χ3n) is 2.63. The van der Waals surface area contributed by atoms with Gasteiger partial charge in [-0.3, -0.25) is 0 Å². The summed E-state index contributed by atoms with van der Waals surface area (Å²) < 4.78 is 1.95. The lowest BCUT2D eigenvalue weighted by atomic mass is 10.2. The monoisotopic (exact) mass is 282 g/mol. The summed E-state index contributed by atoms with van der Waals surface area (Å²) in [5.74, 6) is 0.889. The smallest absolute Gasteiger partial charge is 0.195 e. The summed E-state index contributed by atoms with van der Waals surface area (Å²) in [6.45, 7) is 2.74. The van der Waals surface area contributed by atoms with E-state index < -0.39 is 0 Å². The Morgan fingerprint density at radius 2 is 2.17 bits per heavy atom. The molecule has 96 valence electrons. The van der Waals surface area contributed by atoms with E-state index in [1.54, 1.807) is 0 Å². The van der Waals surface area contributed by atoms with Gasteiger partial charge in [0, 0.05) is 18.5 Å². The Kier molecular flexibility index (Phi) is 4.27. The number of rotatable bonds is 4. The molecule has 2 rings (SSSR count). The highest BCUT2D eigenvalue weighted by atomic mass is 35.5. The Labute approximate surface area is 116 Å². The fourth-order valence-corrected chi connectivity index (χ4v) is 2.67. The molecule has 0 aliphatic rings. The maximum absolute atomic E-state index is 6.27. The van der Waals surface area contributed by atoms with Crippen molar-refractivity contribution in [3.8, 4) is 0 Å². The van der Waals surface area contributed by atoms with Crippen LogP contribution in [0.15, 0.2) is 28.3 Å². The molecule has 0 saturated carbocycles. The number of aryl methyl sites for hydroxylation is 1. The highest BCUT2D eigenvalue weighted by molar-refractivity contribution is 7.99. The number of nitrogens with zero attached hydrogens (tertiary/aromatic N) is 3. The van der Waals surface area contributed by atoms with Crippen molar-refractivity contribution in [3.05, 3.63) is 34.6 Å². The first-order valence-corrected chi connectivity index (χ1v) is 6.78. The van der Waals surface area contributed by atoms with E-state index in [4.69, 9.17) is 11.6 Å². The van der Waals surface area contributed by atoms with Gasteiger partial charge < -0.3 is 9.88 Å². The molecule has 1 aromatic carbocycles. The fourth-order valence-electron chi connectivity index (χ4n) is 1.52. The van der Waals surface area contributed by atoms with Crippen molar-refractivity contribution >= 4 is 23.4 Å². The van der Waals surface area contributed by atoms with Crippen LogP contribution >= 0.6 is 23.4 Å². The van der Waals surface area contributed by atoms with Gasteiger partial charge in [-0.25, -0.2) is 0 Å². The van der Waals surface area contributed by atoms with Gasteiger partial charge in [-0.2, -0.15) is 0 Å². The van der Waals surface area contributed by atoms with Crippen LogP contribution in [0.25, 0.3) is 0 Å². The Hall–Kier alpha value is -1.04. The van der Waals surface area contributed by atoms with Crippen molar-refractivity contribution in [3.63, 3.8) is 0 Å². The molecular formula is C12H15ClN4S. The van der Waals surface area contributed by atoms with E-state index in [2.05, 4.69) is 21.6 Å². The van der Waals surface area contributed by atoms with Crippen LogP contribution in [0.5, 0.6) is 0 Å². The lowest BCUT2D eigenvalue weighted by Crippen LogP contribution is -2.04. The van der Waals surface area contributed by atoms with Crippen molar-refractivity contribution in [1.29, 1.82) is 0 Å². The van der Waals surface area contributed by atoms with Crippen molar-refractivity contribution in [1.82, 2.24) is 20.1 Å². The minimum atomic E-state index is 0.744. The fraction of sp³-hybridized carbons (Fsp3) is 0.333. The standard InChI is InChI=1S/C12H15ClN4S/c1-8-15-16-12(17(8)3)18-11-5-4-9(7-14-2)6-10(11)13/h4-6,14H,7H2,1-3H3. The van der Waals surface area contributed by atoms with Crippen LogP contribution in [-0.2, 0) is 13.6 Å². The minimum Gasteiger partial charge on any atom is -0.316 e. The van der Waals surface area contributed by atoms with E-state index >= 15 is 0 Å². The molecule has 0 aliphatic carbocycles. The second kappa shape index (κ2) is 5.73. The van der Waals surface area contributed by atoms with Gasteiger partial charge in [-0.05, 0) is 43.4 Å². The number of aromatic nitrogens is 3. The van der Waals surface area contributed by atoms with Crippen molar-refractivity contribution in [2.24, 2.45) is 7.05 Å². The zero-order valence-corrected chi connectivity index (χ0v) is 12.1. The quantitative estimate of drug-likeness (QED) is 0.936. The molecule has 1 N–H and O–H groups in total. The highest BCUT2D eigenvalue weighted by Crippen LogP contribution is 2.32. The van der Waals surface area contributed by atoms with E-state index in [1.165, 1.54) is 17.3 Å². The minimum absolute atomic E-state index is 0.744. The first-order valence-electron chi connectivity index (χ1n) is 5.58. The van der Waals surface area contributed by atoms with Crippen LogP contribution in [0, 0.1) is 6.92 Å². The average molecular weight is 283 g/mol. The molecule has 6 heteroatoms. The lowest BCUT2D eigenvalue weighted by molar-refractivity contribution is 0.765. The number of hydrogen-bond donors (Lipinski definition) is 1. The van der Waals surface area contributed by atoms with Crippen molar-refractivity contribution in [2.45, 2.75) is 23.5 Å². The molecule has 0 spiro atoms. The molecule has 0 saturated heterocycles. The Bertz CT molecular complexity index is 553. The summed E-state index contributed by atoms with van der Waals surface area (Å²) in [7, 11) is 3.86. The van der Waals surface area contributed by atoms with Gasteiger partial charge in [0.15, 0.2) is 5.16 Å². The maximum atomic E-state index is 6.27. The molecule has 2 aromatic rings. The Balaban J connectivity index is 2.22. The van der Waals surface area contributed by atoms with E-state index in [0.717, 1.165) is 27.4 Å². The molecule has 0 fully saturated rings. The first-order chi connectivity index (χ1) is 8.61. The molecule has 0 radical (unpaired) electrons. The summed E-state index contributed by atoms with van der Waals surface area (Å²) in [6, 6.07) is 6.06. The van der Waals surface area contributed by atoms with Gasteiger partial charge in [-0.1, -0.05) is 17.7 Å². The summed E-state index contributed by atoms with van der Waals surface area (Å²) in [5, 5.41) is 12.8. The van der Waals surface area contributed by atoms with Crippen LogP contribution in [0.4, 0.5) is 0 Å². The molecule has 1 aromatic heterocycles. The zero-order valence-electron chi connectivity index (χ0n) is 10.6. The Morgan fingerprint density at radius 3 is 2.72 bits per heavy atom. The van der Waals surface area contributed by atoms with Gasteiger partial charge in [0.25, 0.3) is 0 Å².